The molecule has 22 heavy (non-hydrogen) atoms. The van der Waals surface area contributed by atoms with Crippen molar-refractivity contribution in [2.24, 2.45) is 5.92 Å². The molecule has 1 aliphatic rings. The number of thioether (sulfide) groups is 1. The molecule has 1 amide bonds. The maximum absolute atomic E-state index is 12.3. The number of hydrogen-bond donors (Lipinski definition) is 1. The number of carbonyl (C=O) groups is 1. The molecule has 0 spiro atoms. The highest BCUT2D eigenvalue weighted by Crippen LogP contribution is 2.29. The molecule has 0 atom stereocenters. The number of hydrogen-bond acceptors (Lipinski definition) is 5. The molecule has 4 nitrogen and oxygen atoms in total. The minimum atomic E-state index is 0.243. The van der Waals surface area contributed by atoms with E-state index in [9.17, 15) is 4.79 Å². The van der Waals surface area contributed by atoms with E-state index in [1.165, 1.54) is 4.70 Å². The van der Waals surface area contributed by atoms with E-state index in [-0.39, 0.29) is 5.91 Å². The van der Waals surface area contributed by atoms with E-state index >= 15 is 0 Å². The Balaban J connectivity index is 1.50. The second-order valence-electron chi connectivity index (χ2n) is 5.62. The number of nitrogens with zero attached hydrogens (tertiary/aromatic N) is 2. The molecule has 1 aliphatic heterocycles. The fourth-order valence-electron chi connectivity index (χ4n) is 2.80. The third-order valence-corrected chi connectivity index (χ3v) is 6.22. The summed E-state index contributed by atoms with van der Waals surface area (Å²) in [5, 5.41) is 3.23. The van der Waals surface area contributed by atoms with Crippen LogP contribution in [-0.2, 0) is 4.79 Å². The van der Waals surface area contributed by atoms with E-state index in [0.29, 0.717) is 11.7 Å². The summed E-state index contributed by atoms with van der Waals surface area (Å²) in [4.78, 5) is 18.9. The summed E-state index contributed by atoms with van der Waals surface area (Å²) in [7, 11) is 1.99. The standard InChI is InChI=1S/C16H21N3OS2/c1-17-10-12-6-8-19(9-7-12)15(20)11-21-16-18-13-4-2-3-5-14(13)22-16/h2-5,12,17H,6-11H2,1H3. The van der Waals surface area contributed by atoms with Crippen molar-refractivity contribution in [3.63, 3.8) is 0 Å². The van der Waals surface area contributed by atoms with Gasteiger partial charge in [0.2, 0.25) is 5.91 Å². The van der Waals surface area contributed by atoms with Gasteiger partial charge in [-0.15, -0.1) is 11.3 Å². The van der Waals surface area contributed by atoms with E-state index in [1.54, 1.807) is 23.1 Å². The molecule has 0 aliphatic carbocycles. The quantitative estimate of drug-likeness (QED) is 0.854. The lowest BCUT2D eigenvalue weighted by atomic mass is 9.97. The van der Waals surface area contributed by atoms with E-state index in [2.05, 4.69) is 16.4 Å². The van der Waals surface area contributed by atoms with Gasteiger partial charge in [-0.25, -0.2) is 4.98 Å². The van der Waals surface area contributed by atoms with Crippen molar-refractivity contribution in [3.05, 3.63) is 24.3 Å². The van der Waals surface area contributed by atoms with Gasteiger partial charge >= 0.3 is 0 Å². The third kappa shape index (κ3) is 3.80. The Morgan fingerprint density at radius 2 is 2.18 bits per heavy atom. The number of rotatable bonds is 5. The maximum atomic E-state index is 12.3. The zero-order valence-electron chi connectivity index (χ0n) is 12.7. The predicted octanol–water partition coefficient (Wildman–Crippen LogP) is 2.85. The molecule has 0 unspecified atom stereocenters. The SMILES string of the molecule is CNCC1CCN(C(=O)CSc2nc3ccccc3s2)CC1. The first-order valence-electron chi connectivity index (χ1n) is 7.67. The van der Waals surface area contributed by atoms with Gasteiger partial charge in [-0.1, -0.05) is 23.9 Å². The fourth-order valence-corrected chi connectivity index (χ4v) is 4.77. The van der Waals surface area contributed by atoms with Crippen molar-refractivity contribution in [2.45, 2.75) is 17.2 Å². The van der Waals surface area contributed by atoms with Crippen molar-refractivity contribution in [2.75, 3.05) is 32.4 Å². The highest BCUT2D eigenvalue weighted by molar-refractivity contribution is 8.01. The Labute approximate surface area is 139 Å². The topological polar surface area (TPSA) is 45.2 Å². The number of para-hydroxylation sites is 1. The van der Waals surface area contributed by atoms with Gasteiger partial charge in [0.1, 0.15) is 0 Å². The molecule has 2 aromatic rings. The van der Waals surface area contributed by atoms with Gasteiger partial charge < -0.3 is 10.2 Å². The summed E-state index contributed by atoms with van der Waals surface area (Å²) in [5.41, 5.74) is 1.02. The Morgan fingerprint density at radius 1 is 1.41 bits per heavy atom. The summed E-state index contributed by atoms with van der Waals surface area (Å²) in [6.07, 6.45) is 2.22. The van der Waals surface area contributed by atoms with E-state index < -0.39 is 0 Å². The second kappa shape index (κ2) is 7.44. The second-order valence-corrected chi connectivity index (χ2v) is 7.87. The molecule has 3 rings (SSSR count). The van der Waals surface area contributed by atoms with Crippen LogP contribution in [0.2, 0.25) is 0 Å². The van der Waals surface area contributed by atoms with Gasteiger partial charge in [-0.2, -0.15) is 0 Å². The third-order valence-electron chi connectivity index (χ3n) is 4.05. The average molecular weight is 335 g/mol. The van der Waals surface area contributed by atoms with Crippen LogP contribution in [0.4, 0.5) is 0 Å². The zero-order chi connectivity index (χ0) is 15.4. The van der Waals surface area contributed by atoms with Crippen LogP contribution in [0.5, 0.6) is 0 Å². The Kier molecular flexibility index (Phi) is 5.33. The Morgan fingerprint density at radius 3 is 2.91 bits per heavy atom. The molecule has 0 saturated carbocycles. The molecule has 1 N–H and O–H groups in total. The highest BCUT2D eigenvalue weighted by Gasteiger charge is 2.22. The molecular weight excluding hydrogens is 314 g/mol. The number of thiazole rings is 1. The molecule has 1 aromatic carbocycles. The van der Waals surface area contributed by atoms with Crippen molar-refractivity contribution in [1.29, 1.82) is 0 Å². The smallest absolute Gasteiger partial charge is 0.233 e. The molecule has 118 valence electrons. The number of fused-ring (bicyclic) bond motifs is 1. The molecule has 2 heterocycles. The normalized spacial score (nSPS) is 16.3. The zero-order valence-corrected chi connectivity index (χ0v) is 14.4. The summed E-state index contributed by atoms with van der Waals surface area (Å²) in [6, 6.07) is 8.11. The van der Waals surface area contributed by atoms with Crippen molar-refractivity contribution in [1.82, 2.24) is 15.2 Å². The summed E-state index contributed by atoms with van der Waals surface area (Å²) < 4.78 is 2.17. The first-order chi connectivity index (χ1) is 10.8. The number of nitrogens with one attached hydrogen (secondary N) is 1. The van der Waals surface area contributed by atoms with Crippen LogP contribution in [0.3, 0.4) is 0 Å². The number of benzene rings is 1. The van der Waals surface area contributed by atoms with Crippen LogP contribution in [0, 0.1) is 5.92 Å². The number of carbonyl (C=O) groups excluding carboxylic acids is 1. The van der Waals surface area contributed by atoms with E-state index in [1.807, 2.05) is 30.1 Å². The van der Waals surface area contributed by atoms with Gasteiger partial charge in [0, 0.05) is 13.1 Å². The molecule has 1 fully saturated rings. The fraction of sp³-hybridized carbons (Fsp3) is 0.500. The number of aromatic nitrogens is 1. The molecule has 1 saturated heterocycles. The van der Waals surface area contributed by atoms with E-state index in [4.69, 9.17) is 0 Å². The molecule has 1 aromatic heterocycles. The summed E-state index contributed by atoms with van der Waals surface area (Å²) in [6.45, 7) is 2.85. The molecule has 6 heteroatoms. The number of piperidine rings is 1. The van der Waals surface area contributed by atoms with Crippen LogP contribution in [0.1, 0.15) is 12.8 Å². The van der Waals surface area contributed by atoms with Crippen molar-refractivity contribution < 1.29 is 4.79 Å². The van der Waals surface area contributed by atoms with Gasteiger partial charge in [0.05, 0.1) is 16.0 Å². The lowest BCUT2D eigenvalue weighted by Gasteiger charge is -2.31. The summed E-state index contributed by atoms with van der Waals surface area (Å²) in [5.74, 6) is 1.45. The predicted molar refractivity (Wildman–Crippen MR) is 93.6 cm³/mol. The summed E-state index contributed by atoms with van der Waals surface area (Å²) >= 11 is 3.23. The van der Waals surface area contributed by atoms with Crippen LogP contribution in [0.15, 0.2) is 28.6 Å². The number of amides is 1. The van der Waals surface area contributed by atoms with Gasteiger partial charge in [0.25, 0.3) is 0 Å². The van der Waals surface area contributed by atoms with Crippen LogP contribution < -0.4 is 5.32 Å². The monoisotopic (exact) mass is 335 g/mol. The lowest BCUT2D eigenvalue weighted by Crippen LogP contribution is -2.41. The largest absolute Gasteiger partial charge is 0.342 e. The van der Waals surface area contributed by atoms with Crippen LogP contribution >= 0.6 is 23.1 Å². The first-order valence-corrected chi connectivity index (χ1v) is 9.47. The van der Waals surface area contributed by atoms with Crippen LogP contribution in [0.25, 0.3) is 10.2 Å². The minimum absolute atomic E-state index is 0.243. The van der Waals surface area contributed by atoms with Crippen molar-refractivity contribution in [3.8, 4) is 0 Å². The molecule has 0 bridgehead atoms. The maximum Gasteiger partial charge on any atom is 0.233 e. The van der Waals surface area contributed by atoms with Gasteiger partial charge in [0.15, 0.2) is 4.34 Å². The number of likely N-dealkylation sites (tertiary alicyclic amines) is 1. The van der Waals surface area contributed by atoms with Crippen molar-refractivity contribution >= 4 is 39.2 Å². The minimum Gasteiger partial charge on any atom is -0.342 e. The van der Waals surface area contributed by atoms with E-state index in [0.717, 1.165) is 42.3 Å². The molecular formula is C16H21N3OS2. The Hall–Kier alpha value is -1.11. The lowest BCUT2D eigenvalue weighted by molar-refractivity contribution is -0.129. The first kappa shape index (κ1) is 15.8. The Bertz CT molecular complexity index is 602. The van der Waals surface area contributed by atoms with Gasteiger partial charge in [-0.05, 0) is 44.5 Å². The molecule has 0 radical (unpaired) electrons. The van der Waals surface area contributed by atoms with Gasteiger partial charge in [-0.3, -0.25) is 4.79 Å². The highest BCUT2D eigenvalue weighted by atomic mass is 32.2. The average Bonchev–Trinajstić information content (AvgIpc) is 2.96. The van der Waals surface area contributed by atoms with Crippen LogP contribution in [-0.4, -0.2) is 48.2 Å².